The number of hydrogen-bond acceptors (Lipinski definition) is 2. The molecule has 0 aliphatic heterocycles. The van der Waals surface area contributed by atoms with Crippen LogP contribution in [0.5, 0.6) is 5.75 Å². The van der Waals surface area contributed by atoms with Gasteiger partial charge in [-0.1, -0.05) is 92.2 Å². The van der Waals surface area contributed by atoms with Gasteiger partial charge in [0.2, 0.25) is 0 Å². The minimum absolute atomic E-state index is 0.364. The highest BCUT2D eigenvalue weighted by molar-refractivity contribution is 5.34. The molecule has 1 unspecified atom stereocenters. The normalized spacial score (nSPS) is 11.9. The Morgan fingerprint density at radius 2 is 1.46 bits per heavy atom. The quantitative estimate of drug-likeness (QED) is 0.521. The van der Waals surface area contributed by atoms with Crippen LogP contribution >= 0.6 is 0 Å². The number of benzene rings is 3. The highest BCUT2D eigenvalue weighted by Gasteiger charge is 2.11. The third-order valence-corrected chi connectivity index (χ3v) is 4.53. The van der Waals surface area contributed by atoms with Crippen molar-refractivity contribution in [2.45, 2.75) is 39.0 Å². The monoisotopic (exact) mass is 345 g/mol. The van der Waals surface area contributed by atoms with Crippen LogP contribution in [-0.2, 0) is 13.2 Å². The van der Waals surface area contributed by atoms with E-state index >= 15 is 0 Å². The summed E-state index contributed by atoms with van der Waals surface area (Å²) in [4.78, 5) is 0. The van der Waals surface area contributed by atoms with E-state index in [1.807, 2.05) is 24.3 Å². The maximum atomic E-state index is 6.08. The number of nitrogens with one attached hydrogen (secondary N) is 1. The molecule has 0 saturated carbocycles. The lowest BCUT2D eigenvalue weighted by molar-refractivity contribution is 0.301. The smallest absolute Gasteiger partial charge is 0.124 e. The molecule has 1 N–H and O–H groups in total. The van der Waals surface area contributed by atoms with Crippen molar-refractivity contribution in [1.29, 1.82) is 0 Å². The molecule has 3 aromatic carbocycles. The second-order valence-electron chi connectivity index (χ2n) is 6.51. The Morgan fingerprint density at radius 1 is 0.808 bits per heavy atom. The van der Waals surface area contributed by atoms with Gasteiger partial charge in [-0.2, -0.15) is 0 Å². The van der Waals surface area contributed by atoms with Gasteiger partial charge >= 0.3 is 0 Å². The van der Waals surface area contributed by atoms with Gasteiger partial charge in [-0.25, -0.2) is 0 Å². The van der Waals surface area contributed by atoms with Gasteiger partial charge in [0, 0.05) is 18.2 Å². The lowest BCUT2D eigenvalue weighted by Crippen LogP contribution is -2.21. The molecule has 0 fully saturated rings. The summed E-state index contributed by atoms with van der Waals surface area (Å²) < 4.78 is 6.08. The van der Waals surface area contributed by atoms with E-state index in [1.165, 1.54) is 16.7 Å². The van der Waals surface area contributed by atoms with Crippen molar-refractivity contribution < 1.29 is 4.74 Å². The van der Waals surface area contributed by atoms with Gasteiger partial charge in [-0.3, -0.25) is 0 Å². The second kappa shape index (κ2) is 9.79. The zero-order valence-electron chi connectivity index (χ0n) is 15.4. The Balaban J connectivity index is 1.65. The van der Waals surface area contributed by atoms with Crippen LogP contribution in [-0.4, -0.2) is 0 Å². The fraction of sp³-hybridized carbons (Fsp3) is 0.250. The van der Waals surface area contributed by atoms with E-state index in [-0.39, 0.29) is 0 Å². The lowest BCUT2D eigenvalue weighted by atomic mass is 10.0. The van der Waals surface area contributed by atoms with Gasteiger partial charge in [0.1, 0.15) is 12.4 Å². The first kappa shape index (κ1) is 18.2. The Morgan fingerprint density at radius 3 is 2.19 bits per heavy atom. The molecule has 0 saturated heterocycles. The van der Waals surface area contributed by atoms with Gasteiger partial charge in [0.15, 0.2) is 0 Å². The van der Waals surface area contributed by atoms with E-state index in [1.54, 1.807) is 0 Å². The molecule has 3 aromatic rings. The van der Waals surface area contributed by atoms with Crippen molar-refractivity contribution >= 4 is 0 Å². The van der Waals surface area contributed by atoms with E-state index in [9.17, 15) is 0 Å². The van der Waals surface area contributed by atoms with E-state index in [0.29, 0.717) is 12.6 Å². The number of rotatable bonds is 9. The van der Waals surface area contributed by atoms with Crippen LogP contribution in [0, 0.1) is 0 Å². The zero-order chi connectivity index (χ0) is 18.0. The first-order valence-electron chi connectivity index (χ1n) is 9.39. The van der Waals surface area contributed by atoms with Crippen LogP contribution in [0.1, 0.15) is 42.5 Å². The van der Waals surface area contributed by atoms with Gasteiger partial charge in [-0.15, -0.1) is 0 Å². The lowest BCUT2D eigenvalue weighted by Gasteiger charge is -2.20. The van der Waals surface area contributed by atoms with E-state index in [2.05, 4.69) is 72.9 Å². The van der Waals surface area contributed by atoms with Gasteiger partial charge in [0.25, 0.3) is 0 Å². The zero-order valence-corrected chi connectivity index (χ0v) is 15.4. The Bertz CT molecular complexity index is 770. The molecular weight excluding hydrogens is 318 g/mol. The Labute approximate surface area is 156 Å². The highest BCUT2D eigenvalue weighted by Crippen LogP contribution is 2.23. The Hall–Kier alpha value is -2.58. The van der Waals surface area contributed by atoms with Crippen molar-refractivity contribution in [1.82, 2.24) is 5.32 Å². The van der Waals surface area contributed by atoms with Crippen molar-refractivity contribution in [3.05, 3.63) is 102 Å². The minimum Gasteiger partial charge on any atom is -0.489 e. The summed E-state index contributed by atoms with van der Waals surface area (Å²) in [6, 6.07) is 29.6. The molecular formula is C24H27NO. The fourth-order valence-corrected chi connectivity index (χ4v) is 3.12. The standard InChI is InChI=1S/C24H27NO/c1-2-11-23(21-14-7-4-8-15-21)25-18-22-16-9-10-17-24(22)26-19-20-12-5-3-6-13-20/h3-10,12-17,23,25H,2,11,18-19H2,1H3. The third kappa shape index (κ3) is 5.21. The van der Waals surface area contributed by atoms with Crippen molar-refractivity contribution in [2.75, 3.05) is 0 Å². The molecule has 0 aromatic heterocycles. The number of ether oxygens (including phenoxy) is 1. The van der Waals surface area contributed by atoms with E-state index in [4.69, 9.17) is 4.74 Å². The molecule has 0 heterocycles. The SMILES string of the molecule is CCCC(NCc1ccccc1OCc1ccccc1)c1ccccc1. The van der Waals surface area contributed by atoms with Crippen LogP contribution < -0.4 is 10.1 Å². The van der Waals surface area contributed by atoms with Crippen molar-refractivity contribution in [3.63, 3.8) is 0 Å². The highest BCUT2D eigenvalue weighted by atomic mass is 16.5. The van der Waals surface area contributed by atoms with E-state index < -0.39 is 0 Å². The maximum Gasteiger partial charge on any atom is 0.124 e. The van der Waals surface area contributed by atoms with Gasteiger partial charge in [0.05, 0.1) is 0 Å². The first-order chi connectivity index (χ1) is 12.9. The van der Waals surface area contributed by atoms with Crippen LogP contribution in [0.25, 0.3) is 0 Å². The molecule has 2 heteroatoms. The predicted molar refractivity (Wildman–Crippen MR) is 108 cm³/mol. The summed E-state index contributed by atoms with van der Waals surface area (Å²) in [5, 5.41) is 3.71. The fourth-order valence-electron chi connectivity index (χ4n) is 3.12. The largest absolute Gasteiger partial charge is 0.489 e. The summed E-state index contributed by atoms with van der Waals surface area (Å²) >= 11 is 0. The summed E-state index contributed by atoms with van der Waals surface area (Å²) in [6.07, 6.45) is 2.27. The summed E-state index contributed by atoms with van der Waals surface area (Å²) in [6.45, 7) is 3.62. The molecule has 0 spiro atoms. The van der Waals surface area contributed by atoms with Gasteiger partial charge in [-0.05, 0) is 23.6 Å². The van der Waals surface area contributed by atoms with Crippen LogP contribution in [0.3, 0.4) is 0 Å². The molecule has 0 radical (unpaired) electrons. The molecule has 0 aliphatic carbocycles. The van der Waals surface area contributed by atoms with Crippen molar-refractivity contribution in [2.24, 2.45) is 0 Å². The number of hydrogen-bond donors (Lipinski definition) is 1. The van der Waals surface area contributed by atoms with Gasteiger partial charge < -0.3 is 10.1 Å². The molecule has 134 valence electrons. The van der Waals surface area contributed by atoms with Crippen LogP contribution in [0.15, 0.2) is 84.9 Å². The summed E-state index contributed by atoms with van der Waals surface area (Å²) in [7, 11) is 0. The molecule has 0 bridgehead atoms. The third-order valence-electron chi connectivity index (χ3n) is 4.53. The second-order valence-corrected chi connectivity index (χ2v) is 6.51. The van der Waals surface area contributed by atoms with Crippen LogP contribution in [0.4, 0.5) is 0 Å². The molecule has 0 amide bonds. The molecule has 26 heavy (non-hydrogen) atoms. The Kier molecular flexibility index (Phi) is 6.86. The topological polar surface area (TPSA) is 21.3 Å². The molecule has 0 aliphatic rings. The molecule has 1 atom stereocenters. The van der Waals surface area contributed by atoms with Crippen molar-refractivity contribution in [3.8, 4) is 5.75 Å². The predicted octanol–water partition coefficient (Wildman–Crippen LogP) is 5.90. The maximum absolute atomic E-state index is 6.08. The number of para-hydroxylation sites is 1. The van der Waals surface area contributed by atoms with Crippen LogP contribution in [0.2, 0.25) is 0 Å². The molecule has 3 rings (SSSR count). The molecule has 2 nitrogen and oxygen atoms in total. The average molecular weight is 345 g/mol. The average Bonchev–Trinajstić information content (AvgIpc) is 2.71. The summed E-state index contributed by atoms with van der Waals surface area (Å²) in [5.41, 5.74) is 3.72. The summed E-state index contributed by atoms with van der Waals surface area (Å²) in [5.74, 6) is 0.951. The first-order valence-corrected chi connectivity index (χ1v) is 9.39. The van der Waals surface area contributed by atoms with E-state index in [0.717, 1.165) is 25.1 Å². The minimum atomic E-state index is 0.364.